The molecule has 0 bridgehead atoms. The zero-order chi connectivity index (χ0) is 19.9. The highest BCUT2D eigenvalue weighted by atomic mass is 32.2. The lowest BCUT2D eigenvalue weighted by Gasteiger charge is -2.45. The minimum atomic E-state index is 0.885. The highest BCUT2D eigenvalue weighted by molar-refractivity contribution is 7.98. The van der Waals surface area contributed by atoms with E-state index in [1.54, 1.807) is 5.57 Å². The van der Waals surface area contributed by atoms with Gasteiger partial charge in [0.1, 0.15) is 0 Å². The summed E-state index contributed by atoms with van der Waals surface area (Å²) in [7, 11) is 0. The smallest absolute Gasteiger partial charge is 0.00703 e. The number of unbranched alkanes of at least 4 members (excludes halogenated alkanes) is 8. The van der Waals surface area contributed by atoms with Crippen molar-refractivity contribution < 1.29 is 0 Å². The lowest BCUT2D eigenvalue weighted by atomic mass is 9.59. The van der Waals surface area contributed by atoms with Gasteiger partial charge in [-0.15, -0.1) is 0 Å². The predicted octanol–water partition coefficient (Wildman–Crippen LogP) is 9.03. The standard InChI is InChI=1S/C28H44S/c1-29-21-10-8-6-4-2-3-5-7-9-12-22-15-16-25-18-17-23-13-11-14-24-19-20-26(22)28(25)27(23)24/h11,13,22,24-25H,2-10,12,14-21H2,1H3. The Morgan fingerprint density at radius 3 is 2.28 bits per heavy atom. The van der Waals surface area contributed by atoms with Crippen molar-refractivity contribution in [3.8, 4) is 0 Å². The van der Waals surface area contributed by atoms with Crippen LogP contribution in [-0.4, -0.2) is 12.0 Å². The topological polar surface area (TPSA) is 0 Å². The van der Waals surface area contributed by atoms with Crippen LogP contribution in [0.1, 0.15) is 109 Å². The van der Waals surface area contributed by atoms with Gasteiger partial charge in [-0.25, -0.2) is 0 Å². The van der Waals surface area contributed by atoms with Gasteiger partial charge in [0.15, 0.2) is 0 Å². The molecule has 4 rings (SSSR count). The van der Waals surface area contributed by atoms with E-state index in [0.29, 0.717) is 0 Å². The largest absolute Gasteiger partial charge is 0.165 e. The lowest BCUT2D eigenvalue weighted by Crippen LogP contribution is -2.31. The van der Waals surface area contributed by atoms with Crippen molar-refractivity contribution in [3.63, 3.8) is 0 Å². The van der Waals surface area contributed by atoms with Crippen molar-refractivity contribution in [2.75, 3.05) is 12.0 Å². The normalized spacial score (nSPS) is 28.1. The molecule has 29 heavy (non-hydrogen) atoms. The molecule has 1 heteroatoms. The maximum absolute atomic E-state index is 2.49. The molecule has 0 amide bonds. The molecule has 3 unspecified atom stereocenters. The van der Waals surface area contributed by atoms with E-state index < -0.39 is 0 Å². The SMILES string of the molecule is CSCCCCCCCCCCCC1CCC2CCC3=C4C2=C1CCC4CC=C3. The van der Waals surface area contributed by atoms with E-state index in [0.717, 1.165) is 17.8 Å². The van der Waals surface area contributed by atoms with Gasteiger partial charge in [0, 0.05) is 0 Å². The zero-order valence-electron chi connectivity index (χ0n) is 19.0. The molecule has 0 spiro atoms. The van der Waals surface area contributed by atoms with E-state index in [9.17, 15) is 0 Å². The Bertz CT molecular complexity index is 622. The first-order valence-corrected chi connectivity index (χ1v) is 14.4. The fourth-order valence-electron chi connectivity index (χ4n) is 6.79. The quantitative estimate of drug-likeness (QED) is 0.288. The van der Waals surface area contributed by atoms with Crippen LogP contribution in [0.2, 0.25) is 0 Å². The molecule has 0 fully saturated rings. The summed E-state index contributed by atoms with van der Waals surface area (Å²) in [5.41, 5.74) is 7.47. The first-order chi connectivity index (χ1) is 14.4. The maximum Gasteiger partial charge on any atom is -0.00703 e. The van der Waals surface area contributed by atoms with E-state index in [4.69, 9.17) is 0 Å². The number of thioether (sulfide) groups is 1. The van der Waals surface area contributed by atoms with E-state index in [-0.39, 0.29) is 0 Å². The number of hydrogen-bond acceptors (Lipinski definition) is 1. The van der Waals surface area contributed by atoms with Gasteiger partial charge in [0.25, 0.3) is 0 Å². The number of allylic oxidation sites excluding steroid dienone is 6. The summed E-state index contributed by atoms with van der Waals surface area (Å²) in [4.78, 5) is 0. The molecule has 0 N–H and O–H groups in total. The Labute approximate surface area is 185 Å². The molecule has 0 radical (unpaired) electrons. The zero-order valence-corrected chi connectivity index (χ0v) is 19.8. The lowest BCUT2D eigenvalue weighted by molar-refractivity contribution is 0.329. The first-order valence-electron chi connectivity index (χ1n) is 13.0. The molecule has 4 aliphatic carbocycles. The van der Waals surface area contributed by atoms with Crippen molar-refractivity contribution in [1.29, 1.82) is 0 Å². The van der Waals surface area contributed by atoms with Crippen LogP contribution in [-0.2, 0) is 0 Å². The van der Waals surface area contributed by atoms with Gasteiger partial charge in [-0.3, -0.25) is 0 Å². The van der Waals surface area contributed by atoms with Crippen molar-refractivity contribution in [2.45, 2.75) is 109 Å². The first kappa shape index (κ1) is 21.8. The number of rotatable bonds is 12. The Morgan fingerprint density at radius 1 is 0.759 bits per heavy atom. The average Bonchev–Trinajstić information content (AvgIpc) is 2.76. The minimum absolute atomic E-state index is 0.885. The Hall–Kier alpha value is -0.430. The van der Waals surface area contributed by atoms with Gasteiger partial charge >= 0.3 is 0 Å². The van der Waals surface area contributed by atoms with Gasteiger partial charge in [0.2, 0.25) is 0 Å². The van der Waals surface area contributed by atoms with Crippen LogP contribution in [0.5, 0.6) is 0 Å². The van der Waals surface area contributed by atoms with Gasteiger partial charge in [-0.1, -0.05) is 69.1 Å². The van der Waals surface area contributed by atoms with Crippen LogP contribution >= 0.6 is 11.8 Å². The molecule has 0 saturated heterocycles. The molecule has 0 nitrogen and oxygen atoms in total. The van der Waals surface area contributed by atoms with Crippen LogP contribution in [0.3, 0.4) is 0 Å². The van der Waals surface area contributed by atoms with Gasteiger partial charge < -0.3 is 0 Å². The molecule has 4 aliphatic rings. The maximum atomic E-state index is 2.49. The van der Waals surface area contributed by atoms with E-state index >= 15 is 0 Å². The predicted molar refractivity (Wildman–Crippen MR) is 131 cm³/mol. The van der Waals surface area contributed by atoms with Crippen molar-refractivity contribution in [1.82, 2.24) is 0 Å². The second-order valence-corrected chi connectivity index (χ2v) is 11.2. The monoisotopic (exact) mass is 412 g/mol. The highest BCUT2D eigenvalue weighted by Crippen LogP contribution is 2.54. The summed E-state index contributed by atoms with van der Waals surface area (Å²) < 4.78 is 0. The number of hydrogen-bond donors (Lipinski definition) is 0. The summed E-state index contributed by atoms with van der Waals surface area (Å²) >= 11 is 2.00. The summed E-state index contributed by atoms with van der Waals surface area (Å²) in [6.45, 7) is 0. The van der Waals surface area contributed by atoms with Crippen LogP contribution in [0.15, 0.2) is 34.4 Å². The third kappa shape index (κ3) is 5.44. The molecule has 0 aromatic rings. The molecule has 0 aromatic carbocycles. The molecular formula is C28H44S. The van der Waals surface area contributed by atoms with Gasteiger partial charge in [-0.05, 0) is 104 Å². The van der Waals surface area contributed by atoms with Crippen molar-refractivity contribution >= 4 is 11.8 Å². The van der Waals surface area contributed by atoms with E-state index in [1.165, 1.54) is 115 Å². The second-order valence-electron chi connectivity index (χ2n) is 10.2. The fraction of sp³-hybridized carbons (Fsp3) is 0.786. The fourth-order valence-corrected chi connectivity index (χ4v) is 7.29. The van der Waals surface area contributed by atoms with Gasteiger partial charge in [-0.2, -0.15) is 11.8 Å². The minimum Gasteiger partial charge on any atom is -0.165 e. The molecule has 0 heterocycles. The summed E-state index contributed by atoms with van der Waals surface area (Å²) in [5.74, 6) is 4.12. The molecule has 0 aromatic heterocycles. The van der Waals surface area contributed by atoms with Crippen LogP contribution < -0.4 is 0 Å². The molecule has 0 aliphatic heterocycles. The Balaban J connectivity index is 1.20. The molecule has 0 saturated carbocycles. The average molecular weight is 413 g/mol. The third-order valence-corrected chi connectivity index (χ3v) is 9.02. The van der Waals surface area contributed by atoms with Gasteiger partial charge in [0.05, 0.1) is 0 Å². The van der Waals surface area contributed by atoms with E-state index in [1.807, 2.05) is 28.5 Å². The summed E-state index contributed by atoms with van der Waals surface area (Å²) in [6, 6.07) is 0. The summed E-state index contributed by atoms with van der Waals surface area (Å²) in [5, 5.41) is 0. The molecular weight excluding hydrogens is 368 g/mol. The van der Waals surface area contributed by atoms with Crippen LogP contribution in [0.4, 0.5) is 0 Å². The highest BCUT2D eigenvalue weighted by Gasteiger charge is 2.40. The van der Waals surface area contributed by atoms with E-state index in [2.05, 4.69) is 18.4 Å². The second kappa shape index (κ2) is 11.3. The van der Waals surface area contributed by atoms with Crippen molar-refractivity contribution in [3.05, 3.63) is 34.4 Å². The third-order valence-electron chi connectivity index (χ3n) is 8.32. The van der Waals surface area contributed by atoms with Crippen LogP contribution in [0, 0.1) is 17.8 Å². The molecule has 162 valence electrons. The summed E-state index contributed by atoms with van der Waals surface area (Å²) in [6.07, 6.45) is 31.9. The Morgan fingerprint density at radius 2 is 1.48 bits per heavy atom. The molecule has 3 atom stereocenters. The Kier molecular flexibility index (Phi) is 8.46. The van der Waals surface area contributed by atoms with Crippen LogP contribution in [0.25, 0.3) is 0 Å². The van der Waals surface area contributed by atoms with Crippen molar-refractivity contribution in [2.24, 2.45) is 17.8 Å².